The summed E-state index contributed by atoms with van der Waals surface area (Å²) in [5.74, 6) is -0.916. The van der Waals surface area contributed by atoms with E-state index in [0.29, 0.717) is 16.6 Å². The number of aromatic nitrogens is 1. The highest BCUT2D eigenvalue weighted by molar-refractivity contribution is 7.13. The van der Waals surface area contributed by atoms with Gasteiger partial charge in [0, 0.05) is 18.5 Å². The van der Waals surface area contributed by atoms with Crippen LogP contribution >= 0.6 is 11.3 Å². The summed E-state index contributed by atoms with van der Waals surface area (Å²) < 4.78 is 9.63. The van der Waals surface area contributed by atoms with E-state index in [0.717, 1.165) is 18.5 Å². The summed E-state index contributed by atoms with van der Waals surface area (Å²) in [6, 6.07) is 6.65. The molecule has 0 spiro atoms. The van der Waals surface area contributed by atoms with Crippen LogP contribution in [-0.2, 0) is 20.8 Å². The van der Waals surface area contributed by atoms with Crippen molar-refractivity contribution in [2.24, 2.45) is 5.92 Å². The average Bonchev–Trinajstić information content (AvgIpc) is 3.19. The van der Waals surface area contributed by atoms with Crippen LogP contribution in [0.1, 0.15) is 46.7 Å². The fourth-order valence-electron chi connectivity index (χ4n) is 2.25. The molecule has 0 bridgehead atoms. The van der Waals surface area contributed by atoms with Gasteiger partial charge >= 0.3 is 11.9 Å². The molecule has 0 saturated carbocycles. The van der Waals surface area contributed by atoms with Crippen molar-refractivity contribution in [3.05, 3.63) is 46.5 Å². The number of nitrogens with zero attached hydrogens (tertiary/aromatic N) is 1. The lowest BCUT2D eigenvalue weighted by molar-refractivity contribution is -0.124. The number of ether oxygens (including phenoxy) is 2. The fourth-order valence-corrected chi connectivity index (χ4v) is 2.96. The molecule has 1 aromatic carbocycles. The Morgan fingerprint density at radius 2 is 1.86 bits per heavy atom. The van der Waals surface area contributed by atoms with Crippen LogP contribution in [0.4, 0.5) is 5.13 Å². The van der Waals surface area contributed by atoms with E-state index in [1.165, 1.54) is 18.4 Å². The Morgan fingerprint density at radius 1 is 1.14 bits per heavy atom. The Hall–Kier alpha value is -2.94. The molecule has 1 amide bonds. The Balaban J connectivity index is 1.72. The summed E-state index contributed by atoms with van der Waals surface area (Å²) >= 11 is 1.32. The third kappa shape index (κ3) is 7.53. The zero-order valence-electron chi connectivity index (χ0n) is 16.7. The number of carbonyl (C=O) groups excluding carboxylic acids is 3. The van der Waals surface area contributed by atoms with E-state index in [1.54, 1.807) is 29.6 Å². The Labute approximate surface area is 173 Å². The number of esters is 2. The van der Waals surface area contributed by atoms with Gasteiger partial charge in [0.05, 0.1) is 12.7 Å². The number of thiazole rings is 1. The van der Waals surface area contributed by atoms with Crippen molar-refractivity contribution >= 4 is 34.3 Å². The van der Waals surface area contributed by atoms with E-state index >= 15 is 0 Å². The van der Waals surface area contributed by atoms with Crippen LogP contribution in [0.2, 0.25) is 0 Å². The SMILES string of the molecule is COC(=O)c1ccc(CNC(=O)COC(=O)c2csc(NCCC(C)C)n2)cc1. The van der Waals surface area contributed by atoms with Gasteiger partial charge in [-0.15, -0.1) is 11.3 Å². The van der Waals surface area contributed by atoms with E-state index in [-0.39, 0.29) is 12.2 Å². The lowest BCUT2D eigenvalue weighted by Crippen LogP contribution is -2.28. The number of amides is 1. The fraction of sp³-hybridized carbons (Fsp3) is 0.400. The van der Waals surface area contributed by atoms with Gasteiger partial charge in [-0.2, -0.15) is 0 Å². The van der Waals surface area contributed by atoms with Crippen molar-refractivity contribution in [1.82, 2.24) is 10.3 Å². The smallest absolute Gasteiger partial charge is 0.358 e. The Kier molecular flexibility index (Phi) is 8.60. The van der Waals surface area contributed by atoms with Crippen molar-refractivity contribution in [3.8, 4) is 0 Å². The minimum atomic E-state index is -0.643. The molecular formula is C20H25N3O5S. The van der Waals surface area contributed by atoms with Crippen LogP contribution in [-0.4, -0.2) is 43.1 Å². The van der Waals surface area contributed by atoms with Crippen LogP contribution in [0.15, 0.2) is 29.6 Å². The molecule has 9 heteroatoms. The quantitative estimate of drug-likeness (QED) is 0.570. The first-order chi connectivity index (χ1) is 13.9. The molecule has 8 nitrogen and oxygen atoms in total. The first-order valence-electron chi connectivity index (χ1n) is 9.19. The molecule has 1 aromatic heterocycles. The summed E-state index contributed by atoms with van der Waals surface area (Å²) in [6.45, 7) is 4.90. The molecule has 0 saturated heterocycles. The highest BCUT2D eigenvalue weighted by Gasteiger charge is 2.14. The normalized spacial score (nSPS) is 10.5. The van der Waals surface area contributed by atoms with Crippen molar-refractivity contribution in [1.29, 1.82) is 0 Å². The summed E-state index contributed by atoms with van der Waals surface area (Å²) in [5.41, 5.74) is 1.40. The molecule has 0 aliphatic carbocycles. The lowest BCUT2D eigenvalue weighted by atomic mass is 10.1. The zero-order chi connectivity index (χ0) is 21.2. The van der Waals surface area contributed by atoms with Gasteiger partial charge in [-0.1, -0.05) is 26.0 Å². The van der Waals surface area contributed by atoms with Gasteiger partial charge in [-0.3, -0.25) is 4.79 Å². The second-order valence-corrected chi connectivity index (χ2v) is 7.55. The van der Waals surface area contributed by atoms with Crippen molar-refractivity contribution in [3.63, 3.8) is 0 Å². The number of benzene rings is 1. The maximum Gasteiger partial charge on any atom is 0.358 e. The van der Waals surface area contributed by atoms with Gasteiger partial charge in [-0.25, -0.2) is 14.6 Å². The molecule has 0 unspecified atom stereocenters. The van der Waals surface area contributed by atoms with Crippen molar-refractivity contribution in [2.45, 2.75) is 26.8 Å². The van der Waals surface area contributed by atoms with Crippen molar-refractivity contribution < 1.29 is 23.9 Å². The molecule has 2 rings (SSSR count). The number of carbonyl (C=O) groups is 3. The summed E-state index contributed by atoms with van der Waals surface area (Å²) in [6.07, 6.45) is 1.00. The van der Waals surface area contributed by atoms with E-state index in [4.69, 9.17) is 4.74 Å². The molecule has 156 valence electrons. The van der Waals surface area contributed by atoms with Crippen LogP contribution in [0.5, 0.6) is 0 Å². The van der Waals surface area contributed by atoms with Crippen LogP contribution in [0, 0.1) is 5.92 Å². The standard InChI is InChI=1S/C20H25N3O5S/c1-13(2)8-9-21-20-23-16(12-29-20)19(26)28-11-17(24)22-10-14-4-6-15(7-5-14)18(25)27-3/h4-7,12-13H,8-11H2,1-3H3,(H,21,23)(H,22,24). The minimum Gasteiger partial charge on any atom is -0.465 e. The molecule has 0 atom stereocenters. The van der Waals surface area contributed by atoms with Gasteiger partial charge < -0.3 is 20.1 Å². The van der Waals surface area contributed by atoms with Gasteiger partial charge in [0.25, 0.3) is 5.91 Å². The first kappa shape index (κ1) is 22.4. The number of nitrogens with one attached hydrogen (secondary N) is 2. The second kappa shape index (κ2) is 11.2. The van der Waals surface area contributed by atoms with E-state index in [1.807, 2.05) is 0 Å². The lowest BCUT2D eigenvalue weighted by Gasteiger charge is -2.07. The number of methoxy groups -OCH3 is 1. The summed E-state index contributed by atoms with van der Waals surface area (Å²) in [7, 11) is 1.31. The van der Waals surface area contributed by atoms with Crippen molar-refractivity contribution in [2.75, 3.05) is 25.6 Å². The Bertz CT molecular complexity index is 833. The predicted octanol–water partition coefficient (Wildman–Crippen LogP) is 2.86. The van der Waals surface area contributed by atoms with Crippen LogP contribution in [0.3, 0.4) is 0 Å². The molecule has 0 aliphatic heterocycles. The highest BCUT2D eigenvalue weighted by atomic mass is 32.1. The zero-order valence-corrected chi connectivity index (χ0v) is 17.5. The van der Waals surface area contributed by atoms with Gasteiger partial charge in [-0.05, 0) is 30.0 Å². The summed E-state index contributed by atoms with van der Waals surface area (Å²) in [4.78, 5) is 39.5. The molecule has 2 N–H and O–H groups in total. The molecular weight excluding hydrogens is 394 g/mol. The van der Waals surface area contributed by atoms with Crippen LogP contribution < -0.4 is 10.6 Å². The number of hydrogen-bond donors (Lipinski definition) is 2. The average molecular weight is 420 g/mol. The van der Waals surface area contributed by atoms with E-state index in [9.17, 15) is 14.4 Å². The minimum absolute atomic E-state index is 0.174. The largest absolute Gasteiger partial charge is 0.465 e. The maximum absolute atomic E-state index is 12.0. The predicted molar refractivity (Wildman–Crippen MR) is 110 cm³/mol. The van der Waals surface area contributed by atoms with Gasteiger partial charge in [0.1, 0.15) is 0 Å². The molecule has 1 heterocycles. The molecule has 2 aromatic rings. The third-order valence-electron chi connectivity index (χ3n) is 3.91. The molecule has 0 fully saturated rings. The van der Waals surface area contributed by atoms with Crippen LogP contribution in [0.25, 0.3) is 0 Å². The number of hydrogen-bond acceptors (Lipinski definition) is 8. The highest BCUT2D eigenvalue weighted by Crippen LogP contribution is 2.16. The number of anilines is 1. The second-order valence-electron chi connectivity index (χ2n) is 6.69. The van der Waals surface area contributed by atoms with E-state index < -0.39 is 24.5 Å². The van der Waals surface area contributed by atoms with Gasteiger partial charge in [0.2, 0.25) is 0 Å². The molecule has 29 heavy (non-hydrogen) atoms. The van der Waals surface area contributed by atoms with E-state index in [2.05, 4.69) is 34.2 Å². The molecule has 0 radical (unpaired) electrons. The number of rotatable bonds is 10. The maximum atomic E-state index is 12.0. The first-order valence-corrected chi connectivity index (χ1v) is 10.1. The third-order valence-corrected chi connectivity index (χ3v) is 4.71. The van der Waals surface area contributed by atoms with Gasteiger partial charge in [0.15, 0.2) is 17.4 Å². The monoisotopic (exact) mass is 419 g/mol. The summed E-state index contributed by atoms with van der Waals surface area (Å²) in [5, 5.41) is 8.06. The Morgan fingerprint density at radius 3 is 2.52 bits per heavy atom. The molecule has 0 aliphatic rings. The topological polar surface area (TPSA) is 107 Å².